The number of nitrogens with one attached hydrogen (secondary N) is 2. The Balaban J connectivity index is 1.80. The third kappa shape index (κ3) is 6.69. The van der Waals surface area contributed by atoms with E-state index in [1.807, 2.05) is 4.90 Å². The Hall–Kier alpha value is -2.65. The molecule has 1 aliphatic heterocycles. The monoisotopic (exact) mass is 375 g/mol. The van der Waals surface area contributed by atoms with Crippen LogP contribution in [-0.4, -0.2) is 49.1 Å². The molecule has 1 saturated heterocycles. The van der Waals surface area contributed by atoms with Crippen LogP contribution in [0.1, 0.15) is 19.3 Å². The van der Waals surface area contributed by atoms with E-state index < -0.39 is 18.4 Å². The van der Waals surface area contributed by atoms with Gasteiger partial charge in [0.15, 0.2) is 0 Å². The smallest absolute Gasteiger partial charge is 0.481 e. The van der Waals surface area contributed by atoms with E-state index in [-0.39, 0.29) is 24.8 Å². The Morgan fingerprint density at radius 2 is 2.12 bits per heavy atom. The number of rotatable bonds is 7. The van der Waals surface area contributed by atoms with Crippen LogP contribution in [0.4, 0.5) is 23.7 Å². The number of alkyl halides is 3. The number of urea groups is 1. The molecule has 1 aromatic carbocycles. The lowest BCUT2D eigenvalue weighted by atomic mass is 10.2. The summed E-state index contributed by atoms with van der Waals surface area (Å²) in [6.45, 7) is 1.29. The predicted octanol–water partition coefficient (Wildman–Crippen LogP) is 2.33. The van der Waals surface area contributed by atoms with Gasteiger partial charge in [0.05, 0.1) is 0 Å². The van der Waals surface area contributed by atoms with Gasteiger partial charge in [-0.15, -0.1) is 13.2 Å². The Labute approximate surface area is 148 Å². The van der Waals surface area contributed by atoms with E-state index >= 15 is 0 Å². The Kier molecular flexibility index (Phi) is 6.53. The van der Waals surface area contributed by atoms with Crippen LogP contribution < -0.4 is 20.3 Å². The number of aliphatic carboxylic acids is 1. The van der Waals surface area contributed by atoms with Crippen molar-refractivity contribution in [3.05, 3.63) is 24.3 Å². The van der Waals surface area contributed by atoms with Gasteiger partial charge in [0, 0.05) is 43.9 Å². The zero-order valence-corrected chi connectivity index (χ0v) is 13.9. The maximum absolute atomic E-state index is 12.3. The van der Waals surface area contributed by atoms with Crippen LogP contribution in [0, 0.1) is 0 Å². The molecule has 2 amide bonds. The molecular weight excluding hydrogens is 355 g/mol. The maximum atomic E-state index is 12.3. The molecule has 0 radical (unpaired) electrons. The van der Waals surface area contributed by atoms with Crippen molar-refractivity contribution >= 4 is 17.7 Å². The Bertz CT molecular complexity index is 639. The predicted molar refractivity (Wildman–Crippen MR) is 87.1 cm³/mol. The van der Waals surface area contributed by atoms with Gasteiger partial charge in [0.1, 0.15) is 5.75 Å². The van der Waals surface area contributed by atoms with Gasteiger partial charge in [0.25, 0.3) is 0 Å². The molecule has 3 N–H and O–H groups in total. The van der Waals surface area contributed by atoms with E-state index in [2.05, 4.69) is 15.4 Å². The number of halogens is 3. The quantitative estimate of drug-likeness (QED) is 0.637. The summed E-state index contributed by atoms with van der Waals surface area (Å²) in [6.07, 6.45) is -3.78. The SMILES string of the molecule is O=C(O)CCCNC(=O)NC1CCN(c2cccc(OC(F)(F)F)c2)C1. The fourth-order valence-corrected chi connectivity index (χ4v) is 2.67. The van der Waals surface area contributed by atoms with Crippen LogP contribution in [0.5, 0.6) is 5.75 Å². The lowest BCUT2D eigenvalue weighted by molar-refractivity contribution is -0.274. The van der Waals surface area contributed by atoms with Crippen molar-refractivity contribution in [1.29, 1.82) is 0 Å². The van der Waals surface area contributed by atoms with Crippen molar-refractivity contribution in [3.8, 4) is 5.75 Å². The van der Waals surface area contributed by atoms with E-state index in [0.29, 0.717) is 31.6 Å². The number of ether oxygens (including phenoxy) is 1. The summed E-state index contributed by atoms with van der Waals surface area (Å²) in [4.78, 5) is 24.0. The minimum absolute atomic E-state index is 0.0200. The van der Waals surface area contributed by atoms with Gasteiger partial charge in [0.2, 0.25) is 0 Å². The first-order chi connectivity index (χ1) is 12.2. The lowest BCUT2D eigenvalue weighted by Crippen LogP contribution is -2.43. The van der Waals surface area contributed by atoms with Gasteiger partial charge < -0.3 is 25.4 Å². The molecule has 7 nitrogen and oxygen atoms in total. The summed E-state index contributed by atoms with van der Waals surface area (Å²) in [5.41, 5.74) is 0.581. The zero-order chi connectivity index (χ0) is 19.2. The van der Waals surface area contributed by atoms with Gasteiger partial charge in [-0.05, 0) is 25.0 Å². The third-order valence-electron chi connectivity index (χ3n) is 3.79. The minimum atomic E-state index is -4.74. The first-order valence-corrected chi connectivity index (χ1v) is 8.10. The molecule has 1 unspecified atom stereocenters. The molecule has 0 spiro atoms. The van der Waals surface area contributed by atoms with Gasteiger partial charge >= 0.3 is 18.4 Å². The molecule has 144 valence electrons. The second-order valence-electron chi connectivity index (χ2n) is 5.87. The third-order valence-corrected chi connectivity index (χ3v) is 3.79. The molecule has 0 aromatic heterocycles. The Morgan fingerprint density at radius 1 is 1.35 bits per heavy atom. The normalized spacial score (nSPS) is 17.0. The lowest BCUT2D eigenvalue weighted by Gasteiger charge is -2.20. The number of hydrogen-bond acceptors (Lipinski definition) is 4. The molecule has 1 aliphatic rings. The number of amides is 2. The second kappa shape index (κ2) is 8.63. The molecule has 0 aliphatic carbocycles. The number of carboxylic acid groups (broad SMARTS) is 1. The summed E-state index contributed by atoms with van der Waals surface area (Å²) >= 11 is 0. The van der Waals surface area contributed by atoms with Crippen molar-refractivity contribution in [2.75, 3.05) is 24.5 Å². The molecule has 1 aromatic rings. The summed E-state index contributed by atoms with van der Waals surface area (Å²) in [6, 6.07) is 5.15. The second-order valence-corrected chi connectivity index (χ2v) is 5.87. The fourth-order valence-electron chi connectivity index (χ4n) is 2.67. The molecule has 1 heterocycles. The van der Waals surface area contributed by atoms with E-state index in [1.54, 1.807) is 6.07 Å². The first kappa shape index (κ1) is 19.7. The first-order valence-electron chi connectivity index (χ1n) is 8.10. The van der Waals surface area contributed by atoms with Crippen molar-refractivity contribution in [3.63, 3.8) is 0 Å². The average Bonchev–Trinajstić information content (AvgIpc) is 2.98. The number of carbonyl (C=O) groups is 2. The van der Waals surface area contributed by atoms with Gasteiger partial charge in [-0.3, -0.25) is 4.79 Å². The van der Waals surface area contributed by atoms with Gasteiger partial charge in [-0.2, -0.15) is 0 Å². The van der Waals surface area contributed by atoms with E-state index in [1.165, 1.54) is 18.2 Å². The van der Waals surface area contributed by atoms with Crippen LogP contribution in [0.15, 0.2) is 24.3 Å². The van der Waals surface area contributed by atoms with Crippen molar-refractivity contribution < 1.29 is 32.6 Å². The summed E-state index contributed by atoms with van der Waals surface area (Å²) in [7, 11) is 0. The molecule has 1 atom stereocenters. The van der Waals surface area contributed by atoms with Crippen LogP contribution in [0.3, 0.4) is 0 Å². The molecule has 10 heteroatoms. The largest absolute Gasteiger partial charge is 0.573 e. The van der Waals surface area contributed by atoms with Crippen molar-refractivity contribution in [2.45, 2.75) is 31.7 Å². The van der Waals surface area contributed by atoms with E-state index in [9.17, 15) is 22.8 Å². The summed E-state index contributed by atoms with van der Waals surface area (Å²) in [5.74, 6) is -1.21. The maximum Gasteiger partial charge on any atom is 0.573 e. The topological polar surface area (TPSA) is 90.9 Å². The number of anilines is 1. The van der Waals surface area contributed by atoms with Crippen LogP contribution in [0.25, 0.3) is 0 Å². The molecule has 0 saturated carbocycles. The molecule has 26 heavy (non-hydrogen) atoms. The number of benzene rings is 1. The number of carboxylic acids is 1. The van der Waals surface area contributed by atoms with E-state index in [0.717, 1.165) is 0 Å². The highest BCUT2D eigenvalue weighted by atomic mass is 19.4. The fraction of sp³-hybridized carbons (Fsp3) is 0.500. The summed E-state index contributed by atoms with van der Waals surface area (Å²) in [5, 5.41) is 13.9. The Morgan fingerprint density at radius 3 is 2.81 bits per heavy atom. The minimum Gasteiger partial charge on any atom is -0.481 e. The molecular formula is C16H20F3N3O4. The number of carbonyl (C=O) groups excluding carboxylic acids is 1. The van der Waals surface area contributed by atoms with E-state index in [4.69, 9.17) is 5.11 Å². The average molecular weight is 375 g/mol. The van der Waals surface area contributed by atoms with Gasteiger partial charge in [-0.1, -0.05) is 6.07 Å². The summed E-state index contributed by atoms with van der Waals surface area (Å²) < 4.78 is 40.8. The highest BCUT2D eigenvalue weighted by Crippen LogP contribution is 2.28. The van der Waals surface area contributed by atoms with Crippen molar-refractivity contribution in [2.24, 2.45) is 0 Å². The van der Waals surface area contributed by atoms with Crippen LogP contribution in [-0.2, 0) is 4.79 Å². The van der Waals surface area contributed by atoms with Crippen LogP contribution in [0.2, 0.25) is 0 Å². The van der Waals surface area contributed by atoms with Crippen molar-refractivity contribution in [1.82, 2.24) is 10.6 Å². The highest BCUT2D eigenvalue weighted by Gasteiger charge is 2.31. The molecule has 1 fully saturated rings. The zero-order valence-electron chi connectivity index (χ0n) is 13.9. The number of hydrogen-bond donors (Lipinski definition) is 3. The van der Waals surface area contributed by atoms with Gasteiger partial charge in [-0.25, -0.2) is 4.79 Å². The number of nitrogens with zero attached hydrogens (tertiary/aromatic N) is 1. The molecule has 2 rings (SSSR count). The highest BCUT2D eigenvalue weighted by molar-refractivity contribution is 5.74. The molecule has 0 bridgehead atoms. The standard InChI is InChI=1S/C16H20F3N3O4/c17-16(18,19)26-13-4-1-3-12(9-13)22-8-6-11(10-22)21-15(25)20-7-2-5-14(23)24/h1,3-4,9,11H,2,5-8,10H2,(H,23,24)(H2,20,21,25). The van der Waals surface area contributed by atoms with Crippen LogP contribution >= 0.6 is 0 Å².